The quantitative estimate of drug-likeness (QED) is 0.918. The minimum Gasteiger partial charge on any atom is -0.378 e. The number of hydrogen-bond acceptors (Lipinski definition) is 3. The van der Waals surface area contributed by atoms with Crippen LogP contribution in [0, 0.1) is 5.82 Å². The largest absolute Gasteiger partial charge is 0.378 e. The van der Waals surface area contributed by atoms with Gasteiger partial charge in [0.15, 0.2) is 11.6 Å². The Morgan fingerprint density at radius 3 is 2.72 bits per heavy atom. The Morgan fingerprint density at radius 1 is 1.28 bits per heavy atom. The topological polar surface area (TPSA) is 28.2 Å². The third-order valence-electron chi connectivity index (χ3n) is 2.43. The summed E-state index contributed by atoms with van der Waals surface area (Å²) in [7, 11) is 3.89. The van der Waals surface area contributed by atoms with Gasteiger partial charge in [0.25, 0.3) is 0 Å². The Morgan fingerprint density at radius 2 is 2.06 bits per heavy atom. The fraction of sp³-hybridized carbons (Fsp3) is 0.154. The van der Waals surface area contributed by atoms with Crippen molar-refractivity contribution in [3.05, 3.63) is 47.4 Å². The number of aromatic nitrogens is 1. The first-order valence-electron chi connectivity index (χ1n) is 5.42. The highest BCUT2D eigenvalue weighted by Crippen LogP contribution is 2.23. The van der Waals surface area contributed by atoms with Crippen LogP contribution in [0.25, 0.3) is 0 Å². The van der Waals surface area contributed by atoms with Crippen LogP contribution in [0.1, 0.15) is 0 Å². The zero-order valence-corrected chi connectivity index (χ0v) is 10.9. The molecule has 0 spiro atoms. The average molecular weight is 266 g/mol. The van der Waals surface area contributed by atoms with Crippen molar-refractivity contribution in [3.8, 4) is 0 Å². The summed E-state index contributed by atoms with van der Waals surface area (Å²) in [6.45, 7) is 0. The second-order valence-electron chi connectivity index (χ2n) is 4.05. The van der Waals surface area contributed by atoms with Gasteiger partial charge in [-0.1, -0.05) is 17.7 Å². The average Bonchev–Trinajstić information content (AvgIpc) is 2.33. The van der Waals surface area contributed by atoms with Gasteiger partial charge in [0.05, 0.1) is 5.02 Å². The van der Waals surface area contributed by atoms with Crippen LogP contribution < -0.4 is 10.2 Å². The molecule has 0 atom stereocenters. The lowest BCUT2D eigenvalue weighted by molar-refractivity contribution is 0.626. The highest BCUT2D eigenvalue weighted by atomic mass is 35.5. The van der Waals surface area contributed by atoms with Crippen molar-refractivity contribution < 1.29 is 4.39 Å². The van der Waals surface area contributed by atoms with Crippen molar-refractivity contribution in [2.24, 2.45) is 0 Å². The molecular weight excluding hydrogens is 253 g/mol. The summed E-state index contributed by atoms with van der Waals surface area (Å²) in [5.41, 5.74) is 1.80. The van der Waals surface area contributed by atoms with E-state index in [1.54, 1.807) is 0 Å². The molecule has 1 aromatic carbocycles. The van der Waals surface area contributed by atoms with Crippen LogP contribution in [0.4, 0.5) is 21.6 Å². The van der Waals surface area contributed by atoms with Gasteiger partial charge in [-0.15, -0.1) is 0 Å². The predicted octanol–water partition coefficient (Wildman–Crippen LogP) is 3.68. The van der Waals surface area contributed by atoms with Gasteiger partial charge < -0.3 is 10.2 Å². The van der Waals surface area contributed by atoms with E-state index in [2.05, 4.69) is 10.3 Å². The van der Waals surface area contributed by atoms with Crippen LogP contribution in [0.5, 0.6) is 0 Å². The second-order valence-corrected chi connectivity index (χ2v) is 4.49. The number of anilines is 3. The molecule has 1 N–H and O–H groups in total. The van der Waals surface area contributed by atoms with Crippen molar-refractivity contribution in [2.75, 3.05) is 24.3 Å². The van der Waals surface area contributed by atoms with Crippen molar-refractivity contribution in [3.63, 3.8) is 0 Å². The summed E-state index contributed by atoms with van der Waals surface area (Å²) in [6.07, 6.45) is 1.41. The fourth-order valence-corrected chi connectivity index (χ4v) is 1.65. The predicted molar refractivity (Wildman–Crippen MR) is 73.3 cm³/mol. The normalized spacial score (nSPS) is 10.2. The number of nitrogens with one attached hydrogen (secondary N) is 1. The molecule has 0 aliphatic carbocycles. The molecule has 0 aliphatic heterocycles. The van der Waals surface area contributed by atoms with Gasteiger partial charge in [0.2, 0.25) is 0 Å². The summed E-state index contributed by atoms with van der Waals surface area (Å²) >= 11 is 5.65. The molecule has 18 heavy (non-hydrogen) atoms. The van der Waals surface area contributed by atoms with E-state index in [1.807, 2.05) is 43.3 Å². The molecule has 0 saturated carbocycles. The van der Waals surface area contributed by atoms with Gasteiger partial charge in [-0.05, 0) is 24.3 Å². The molecule has 1 heterocycles. The maximum absolute atomic E-state index is 13.6. The number of rotatable bonds is 3. The van der Waals surface area contributed by atoms with E-state index in [0.717, 1.165) is 11.4 Å². The fourth-order valence-electron chi connectivity index (χ4n) is 1.51. The zero-order chi connectivity index (χ0) is 13.1. The lowest BCUT2D eigenvalue weighted by atomic mass is 10.2. The van der Waals surface area contributed by atoms with Crippen molar-refractivity contribution >= 4 is 28.8 Å². The first-order valence-corrected chi connectivity index (χ1v) is 5.79. The smallest absolute Gasteiger partial charge is 0.167 e. The van der Waals surface area contributed by atoms with Crippen LogP contribution in [0.2, 0.25) is 5.02 Å². The first-order chi connectivity index (χ1) is 8.56. The van der Waals surface area contributed by atoms with E-state index in [9.17, 15) is 4.39 Å². The second kappa shape index (κ2) is 5.23. The van der Waals surface area contributed by atoms with Gasteiger partial charge in [-0.3, -0.25) is 0 Å². The summed E-state index contributed by atoms with van der Waals surface area (Å²) in [5.74, 6) is -0.312. The standard InChI is InChI=1S/C13H13ClFN3/c1-18(2)11-5-3-4-10(7-11)17-13-12(15)6-9(14)8-16-13/h3-8H,1-2H3,(H,16,17). The highest BCUT2D eigenvalue weighted by Gasteiger charge is 2.05. The van der Waals surface area contributed by atoms with Crippen molar-refractivity contribution in [1.29, 1.82) is 0 Å². The van der Waals surface area contributed by atoms with Gasteiger partial charge >= 0.3 is 0 Å². The Bertz CT molecular complexity index is 558. The van der Waals surface area contributed by atoms with E-state index < -0.39 is 5.82 Å². The molecule has 0 amide bonds. The number of halogens is 2. The number of hydrogen-bond donors (Lipinski definition) is 1. The molecule has 0 radical (unpaired) electrons. The molecule has 0 bridgehead atoms. The van der Waals surface area contributed by atoms with Crippen molar-refractivity contribution in [2.45, 2.75) is 0 Å². The van der Waals surface area contributed by atoms with E-state index >= 15 is 0 Å². The third-order valence-corrected chi connectivity index (χ3v) is 2.64. The number of pyridine rings is 1. The molecule has 2 aromatic rings. The molecule has 0 aliphatic rings. The van der Waals surface area contributed by atoms with Crippen LogP contribution in [0.3, 0.4) is 0 Å². The Hall–Kier alpha value is -1.81. The molecule has 94 valence electrons. The van der Waals surface area contributed by atoms with Crippen molar-refractivity contribution in [1.82, 2.24) is 4.98 Å². The molecule has 1 aromatic heterocycles. The number of nitrogens with zero attached hydrogens (tertiary/aromatic N) is 2. The van der Waals surface area contributed by atoms with Crippen LogP contribution in [0.15, 0.2) is 36.5 Å². The molecular formula is C13H13ClFN3. The van der Waals surface area contributed by atoms with E-state index in [-0.39, 0.29) is 10.8 Å². The number of benzene rings is 1. The minimum absolute atomic E-state index is 0.162. The Balaban J connectivity index is 2.25. The summed E-state index contributed by atoms with van der Waals surface area (Å²) in [5, 5.41) is 3.20. The van der Waals surface area contributed by atoms with Gasteiger partial charge in [-0.25, -0.2) is 9.37 Å². The van der Waals surface area contributed by atoms with E-state index in [1.165, 1.54) is 12.3 Å². The molecule has 0 fully saturated rings. The maximum atomic E-state index is 13.6. The first kappa shape index (κ1) is 12.6. The molecule has 3 nitrogen and oxygen atoms in total. The molecule has 0 unspecified atom stereocenters. The van der Waals surface area contributed by atoms with E-state index in [4.69, 9.17) is 11.6 Å². The summed E-state index contributed by atoms with van der Waals surface area (Å²) in [4.78, 5) is 5.89. The molecule has 0 saturated heterocycles. The van der Waals surface area contributed by atoms with Crippen LogP contribution >= 0.6 is 11.6 Å². The highest BCUT2D eigenvalue weighted by molar-refractivity contribution is 6.30. The van der Waals surface area contributed by atoms with Crippen LogP contribution in [-0.2, 0) is 0 Å². The Kier molecular flexibility index (Phi) is 3.67. The van der Waals surface area contributed by atoms with Gasteiger partial charge in [0.1, 0.15) is 0 Å². The lowest BCUT2D eigenvalue weighted by Crippen LogP contribution is -2.08. The Labute approximate surface area is 110 Å². The SMILES string of the molecule is CN(C)c1cccc(Nc2ncc(Cl)cc2F)c1. The van der Waals surface area contributed by atoms with Gasteiger partial charge in [-0.2, -0.15) is 0 Å². The lowest BCUT2D eigenvalue weighted by Gasteiger charge is -2.14. The van der Waals surface area contributed by atoms with Gasteiger partial charge in [0, 0.05) is 31.7 Å². The van der Waals surface area contributed by atoms with Crippen LogP contribution in [-0.4, -0.2) is 19.1 Å². The molecule has 5 heteroatoms. The van der Waals surface area contributed by atoms with E-state index in [0.29, 0.717) is 0 Å². The third kappa shape index (κ3) is 2.90. The molecule has 2 rings (SSSR count). The maximum Gasteiger partial charge on any atom is 0.167 e. The monoisotopic (exact) mass is 265 g/mol. The summed E-state index contributed by atoms with van der Waals surface area (Å²) < 4.78 is 13.6. The minimum atomic E-state index is -0.474. The zero-order valence-electron chi connectivity index (χ0n) is 10.1. The summed E-state index contributed by atoms with van der Waals surface area (Å²) in [6, 6.07) is 8.85.